The molecule has 2 aromatic rings. The molecule has 114 valence electrons. The summed E-state index contributed by atoms with van der Waals surface area (Å²) in [4.78, 5) is 22.9. The summed E-state index contributed by atoms with van der Waals surface area (Å²) in [6.07, 6.45) is 0.355. The summed E-state index contributed by atoms with van der Waals surface area (Å²) in [5.41, 5.74) is 0.615. The Bertz CT molecular complexity index is 641. The van der Waals surface area contributed by atoms with Crippen molar-refractivity contribution < 1.29 is 14.3 Å². The third-order valence-corrected chi connectivity index (χ3v) is 2.86. The first-order valence-electron chi connectivity index (χ1n) is 7.07. The highest BCUT2D eigenvalue weighted by Crippen LogP contribution is 2.23. The van der Waals surface area contributed by atoms with E-state index in [9.17, 15) is 9.59 Å². The van der Waals surface area contributed by atoms with Crippen LogP contribution >= 0.6 is 0 Å². The van der Waals surface area contributed by atoms with Crippen molar-refractivity contribution in [1.29, 1.82) is 0 Å². The number of anilines is 1. The molecule has 2 aromatic carbocycles. The largest absolute Gasteiger partial charge is 0.457 e. The maximum absolute atomic E-state index is 11.7. The zero-order valence-electron chi connectivity index (χ0n) is 12.3. The SMILES string of the molecule is CCC(=O)NCC(=O)Nc1cccc(Oc2ccccc2)c1. The van der Waals surface area contributed by atoms with Crippen LogP contribution in [0, 0.1) is 0 Å². The molecule has 5 nitrogen and oxygen atoms in total. The molecule has 0 saturated heterocycles. The number of amides is 2. The molecule has 0 heterocycles. The average Bonchev–Trinajstić information content (AvgIpc) is 2.54. The lowest BCUT2D eigenvalue weighted by molar-refractivity contribution is -0.123. The van der Waals surface area contributed by atoms with Gasteiger partial charge in [0.05, 0.1) is 6.54 Å². The molecule has 0 saturated carbocycles. The first kappa shape index (κ1) is 15.6. The molecule has 2 rings (SSSR count). The molecular weight excluding hydrogens is 280 g/mol. The van der Waals surface area contributed by atoms with Crippen LogP contribution < -0.4 is 15.4 Å². The summed E-state index contributed by atoms with van der Waals surface area (Å²) in [5.74, 6) is 0.915. The van der Waals surface area contributed by atoms with Crippen LogP contribution in [-0.2, 0) is 9.59 Å². The molecule has 0 spiro atoms. The van der Waals surface area contributed by atoms with Gasteiger partial charge >= 0.3 is 0 Å². The number of para-hydroxylation sites is 1. The molecule has 22 heavy (non-hydrogen) atoms. The van der Waals surface area contributed by atoms with Crippen molar-refractivity contribution in [3.8, 4) is 11.5 Å². The van der Waals surface area contributed by atoms with Crippen LogP contribution in [-0.4, -0.2) is 18.4 Å². The monoisotopic (exact) mass is 298 g/mol. The minimum absolute atomic E-state index is 0.0452. The number of nitrogens with one attached hydrogen (secondary N) is 2. The molecule has 2 N–H and O–H groups in total. The Labute approximate surface area is 129 Å². The van der Waals surface area contributed by atoms with Crippen molar-refractivity contribution in [1.82, 2.24) is 5.32 Å². The molecule has 0 aliphatic rings. The number of hydrogen-bond acceptors (Lipinski definition) is 3. The maximum Gasteiger partial charge on any atom is 0.243 e. The molecule has 0 fully saturated rings. The highest BCUT2D eigenvalue weighted by molar-refractivity contribution is 5.94. The minimum atomic E-state index is -0.279. The minimum Gasteiger partial charge on any atom is -0.457 e. The van der Waals surface area contributed by atoms with E-state index < -0.39 is 0 Å². The standard InChI is InChI=1S/C17H18N2O3/c1-2-16(20)18-12-17(21)19-13-7-6-10-15(11-13)22-14-8-4-3-5-9-14/h3-11H,2,12H2,1H3,(H,18,20)(H,19,21). The molecule has 0 aliphatic carbocycles. The fourth-order valence-electron chi connectivity index (χ4n) is 1.77. The number of ether oxygens (including phenoxy) is 1. The van der Waals surface area contributed by atoms with E-state index in [1.54, 1.807) is 25.1 Å². The Morgan fingerprint density at radius 1 is 0.955 bits per heavy atom. The van der Waals surface area contributed by atoms with Crippen LogP contribution in [0.4, 0.5) is 5.69 Å². The van der Waals surface area contributed by atoms with Crippen molar-refractivity contribution in [3.05, 3.63) is 54.6 Å². The summed E-state index contributed by atoms with van der Waals surface area (Å²) in [6, 6.07) is 16.5. The lowest BCUT2D eigenvalue weighted by atomic mass is 10.3. The molecule has 0 unspecified atom stereocenters. The van der Waals surface area contributed by atoms with Crippen molar-refractivity contribution >= 4 is 17.5 Å². The van der Waals surface area contributed by atoms with Gasteiger partial charge in [0.15, 0.2) is 0 Å². The third kappa shape index (κ3) is 4.94. The summed E-state index contributed by atoms with van der Waals surface area (Å²) in [6.45, 7) is 1.69. The van der Waals surface area contributed by atoms with Gasteiger partial charge in [-0.15, -0.1) is 0 Å². The van der Waals surface area contributed by atoms with Gasteiger partial charge in [0.2, 0.25) is 11.8 Å². The van der Waals surface area contributed by atoms with Gasteiger partial charge in [-0.05, 0) is 24.3 Å². The second kappa shape index (κ2) is 7.83. The lowest BCUT2D eigenvalue weighted by Crippen LogP contribution is -2.32. The predicted octanol–water partition coefficient (Wildman–Crippen LogP) is 2.94. The summed E-state index contributed by atoms with van der Waals surface area (Å²) in [7, 11) is 0. The van der Waals surface area contributed by atoms with Gasteiger partial charge in [0.25, 0.3) is 0 Å². The molecule has 0 radical (unpaired) electrons. The van der Waals surface area contributed by atoms with E-state index in [1.165, 1.54) is 0 Å². The summed E-state index contributed by atoms with van der Waals surface area (Å²) in [5, 5.41) is 5.24. The molecule has 0 aromatic heterocycles. The van der Waals surface area contributed by atoms with Gasteiger partial charge < -0.3 is 15.4 Å². The lowest BCUT2D eigenvalue weighted by Gasteiger charge is -2.09. The number of rotatable bonds is 6. The zero-order valence-corrected chi connectivity index (χ0v) is 12.3. The summed E-state index contributed by atoms with van der Waals surface area (Å²) >= 11 is 0. The van der Waals surface area contributed by atoms with Crippen LogP contribution in [0.5, 0.6) is 11.5 Å². The van der Waals surface area contributed by atoms with E-state index in [-0.39, 0.29) is 18.4 Å². The normalized spacial score (nSPS) is 9.86. The third-order valence-electron chi connectivity index (χ3n) is 2.86. The molecule has 0 bridgehead atoms. The van der Waals surface area contributed by atoms with E-state index in [4.69, 9.17) is 4.74 Å². The topological polar surface area (TPSA) is 67.4 Å². The Kier molecular flexibility index (Phi) is 5.54. The van der Waals surface area contributed by atoms with Crippen molar-refractivity contribution in [2.24, 2.45) is 0 Å². The molecule has 0 aliphatic heterocycles. The number of hydrogen-bond donors (Lipinski definition) is 2. The van der Waals surface area contributed by atoms with E-state index in [2.05, 4.69) is 10.6 Å². The van der Waals surface area contributed by atoms with E-state index in [0.29, 0.717) is 17.9 Å². The van der Waals surface area contributed by atoms with E-state index in [1.807, 2.05) is 36.4 Å². The summed E-state index contributed by atoms with van der Waals surface area (Å²) < 4.78 is 5.70. The Hall–Kier alpha value is -2.82. The van der Waals surface area contributed by atoms with Crippen molar-refractivity contribution in [2.45, 2.75) is 13.3 Å². The van der Waals surface area contributed by atoms with Gasteiger partial charge in [0, 0.05) is 18.2 Å². The quantitative estimate of drug-likeness (QED) is 0.861. The first-order valence-corrected chi connectivity index (χ1v) is 7.07. The predicted molar refractivity (Wildman–Crippen MR) is 84.9 cm³/mol. The van der Waals surface area contributed by atoms with Crippen molar-refractivity contribution in [2.75, 3.05) is 11.9 Å². The Balaban J connectivity index is 1.94. The second-order valence-corrected chi connectivity index (χ2v) is 4.62. The van der Waals surface area contributed by atoms with Gasteiger partial charge in [-0.2, -0.15) is 0 Å². The van der Waals surface area contributed by atoms with Crippen LogP contribution in [0.15, 0.2) is 54.6 Å². The van der Waals surface area contributed by atoms with Crippen LogP contribution in [0.25, 0.3) is 0 Å². The fourth-order valence-corrected chi connectivity index (χ4v) is 1.77. The molecule has 2 amide bonds. The molecule has 5 heteroatoms. The van der Waals surface area contributed by atoms with E-state index >= 15 is 0 Å². The zero-order chi connectivity index (χ0) is 15.8. The number of carbonyl (C=O) groups is 2. The Morgan fingerprint density at radius 3 is 2.41 bits per heavy atom. The average molecular weight is 298 g/mol. The van der Waals surface area contributed by atoms with Gasteiger partial charge in [-0.25, -0.2) is 0 Å². The van der Waals surface area contributed by atoms with Crippen LogP contribution in [0.2, 0.25) is 0 Å². The first-order chi connectivity index (χ1) is 10.7. The molecule has 0 atom stereocenters. The molecular formula is C17H18N2O3. The van der Waals surface area contributed by atoms with Gasteiger partial charge in [-0.1, -0.05) is 31.2 Å². The van der Waals surface area contributed by atoms with Gasteiger partial charge in [-0.3, -0.25) is 9.59 Å². The Morgan fingerprint density at radius 2 is 1.68 bits per heavy atom. The second-order valence-electron chi connectivity index (χ2n) is 4.62. The highest BCUT2D eigenvalue weighted by Gasteiger charge is 2.05. The van der Waals surface area contributed by atoms with Crippen LogP contribution in [0.1, 0.15) is 13.3 Å². The fraction of sp³-hybridized carbons (Fsp3) is 0.176. The number of carbonyl (C=O) groups excluding carboxylic acids is 2. The van der Waals surface area contributed by atoms with Crippen LogP contribution in [0.3, 0.4) is 0 Å². The smallest absolute Gasteiger partial charge is 0.243 e. The highest BCUT2D eigenvalue weighted by atomic mass is 16.5. The number of benzene rings is 2. The van der Waals surface area contributed by atoms with Gasteiger partial charge in [0.1, 0.15) is 11.5 Å². The van der Waals surface area contributed by atoms with E-state index in [0.717, 1.165) is 5.75 Å². The maximum atomic E-state index is 11.7. The van der Waals surface area contributed by atoms with Crippen molar-refractivity contribution in [3.63, 3.8) is 0 Å².